The molecule has 1 fully saturated rings. The van der Waals surface area contributed by atoms with Gasteiger partial charge in [0.15, 0.2) is 0 Å². The van der Waals surface area contributed by atoms with Gasteiger partial charge >= 0.3 is 0 Å². The molecule has 6 nitrogen and oxygen atoms in total. The summed E-state index contributed by atoms with van der Waals surface area (Å²) in [6.45, 7) is 4.48. The molecule has 2 unspecified atom stereocenters. The normalized spacial score (nSPS) is 20.0. The van der Waals surface area contributed by atoms with Crippen LogP contribution in [0.5, 0.6) is 0 Å². The lowest BCUT2D eigenvalue weighted by Gasteiger charge is -2.34. The number of furan rings is 1. The van der Waals surface area contributed by atoms with Gasteiger partial charge in [-0.15, -0.1) is 11.3 Å². The van der Waals surface area contributed by atoms with E-state index >= 15 is 0 Å². The maximum Gasteiger partial charge on any atom is 0.252 e. The molecule has 1 aliphatic heterocycles. The summed E-state index contributed by atoms with van der Waals surface area (Å²) in [7, 11) is -1.79. The van der Waals surface area contributed by atoms with Crippen LogP contribution in [-0.2, 0) is 14.8 Å². The van der Waals surface area contributed by atoms with E-state index in [1.54, 1.807) is 30.3 Å². The summed E-state index contributed by atoms with van der Waals surface area (Å²) in [5, 5.41) is 0. The second kappa shape index (κ2) is 7.54. The van der Waals surface area contributed by atoms with Crippen LogP contribution in [0, 0.1) is 12.8 Å². The predicted octanol–water partition coefficient (Wildman–Crippen LogP) is 3.27. The summed E-state index contributed by atoms with van der Waals surface area (Å²) in [6, 6.07) is 6.90. The Morgan fingerprint density at radius 2 is 2.15 bits per heavy atom. The van der Waals surface area contributed by atoms with Crippen LogP contribution < -0.4 is 0 Å². The third-order valence-electron chi connectivity index (χ3n) is 4.93. The van der Waals surface area contributed by atoms with Crippen molar-refractivity contribution in [3.05, 3.63) is 41.2 Å². The third-order valence-corrected chi connectivity index (χ3v) is 8.26. The van der Waals surface area contributed by atoms with Crippen molar-refractivity contribution in [3.8, 4) is 0 Å². The topological polar surface area (TPSA) is 70.8 Å². The molecule has 1 aliphatic rings. The lowest BCUT2D eigenvalue weighted by Crippen LogP contribution is -2.46. The summed E-state index contributed by atoms with van der Waals surface area (Å²) in [4.78, 5) is 15.5. The van der Waals surface area contributed by atoms with Crippen molar-refractivity contribution < 1.29 is 17.6 Å². The van der Waals surface area contributed by atoms with Gasteiger partial charge in [0.05, 0.1) is 18.2 Å². The zero-order valence-electron chi connectivity index (χ0n) is 15.2. The number of carbonyl (C=O) groups is 1. The quantitative estimate of drug-likeness (QED) is 0.778. The van der Waals surface area contributed by atoms with E-state index in [1.807, 2.05) is 26.0 Å². The summed E-state index contributed by atoms with van der Waals surface area (Å²) in [6.07, 6.45) is 2.97. The van der Waals surface area contributed by atoms with E-state index in [0.717, 1.165) is 10.6 Å². The highest BCUT2D eigenvalue weighted by Gasteiger charge is 2.36. The highest BCUT2D eigenvalue weighted by molar-refractivity contribution is 7.91. The minimum atomic E-state index is -3.53. The average molecular weight is 397 g/mol. The molecule has 0 radical (unpaired) electrons. The maximum atomic E-state index is 12.9. The van der Waals surface area contributed by atoms with Gasteiger partial charge in [-0.1, -0.05) is 0 Å². The van der Waals surface area contributed by atoms with E-state index < -0.39 is 10.0 Å². The molecule has 0 saturated carbocycles. The fraction of sp³-hybridized carbons (Fsp3) is 0.500. The van der Waals surface area contributed by atoms with Gasteiger partial charge in [0, 0.05) is 25.0 Å². The minimum Gasteiger partial charge on any atom is -0.467 e. The van der Waals surface area contributed by atoms with Gasteiger partial charge < -0.3 is 9.32 Å². The Kier molecular flexibility index (Phi) is 5.55. The lowest BCUT2D eigenvalue weighted by atomic mass is 9.97. The number of aryl methyl sites for hydroxylation is 1. The van der Waals surface area contributed by atoms with Crippen LogP contribution in [0.1, 0.15) is 36.4 Å². The molecule has 26 heavy (non-hydrogen) atoms. The van der Waals surface area contributed by atoms with Crippen molar-refractivity contribution in [2.45, 2.75) is 36.9 Å². The zero-order valence-corrected chi connectivity index (χ0v) is 16.8. The van der Waals surface area contributed by atoms with Crippen molar-refractivity contribution in [3.63, 3.8) is 0 Å². The number of hydrogen-bond donors (Lipinski definition) is 0. The third kappa shape index (κ3) is 3.72. The highest BCUT2D eigenvalue weighted by Crippen LogP contribution is 2.30. The molecule has 0 bridgehead atoms. The summed E-state index contributed by atoms with van der Waals surface area (Å²) in [5.74, 6) is 0.341. The molecular formula is C18H24N2O4S2. The van der Waals surface area contributed by atoms with Crippen LogP contribution in [0.25, 0.3) is 0 Å². The molecule has 2 aromatic heterocycles. The Hall–Kier alpha value is -1.64. The lowest BCUT2D eigenvalue weighted by molar-refractivity contribution is -0.137. The van der Waals surface area contributed by atoms with Crippen molar-refractivity contribution in [1.82, 2.24) is 9.21 Å². The van der Waals surface area contributed by atoms with Crippen LogP contribution in [-0.4, -0.2) is 43.7 Å². The van der Waals surface area contributed by atoms with Gasteiger partial charge in [0.1, 0.15) is 9.97 Å². The van der Waals surface area contributed by atoms with Crippen LogP contribution in [0.15, 0.2) is 39.2 Å². The van der Waals surface area contributed by atoms with Gasteiger partial charge in [0.25, 0.3) is 10.0 Å². The number of piperidine rings is 1. The van der Waals surface area contributed by atoms with Gasteiger partial charge in [-0.2, -0.15) is 4.31 Å². The van der Waals surface area contributed by atoms with Gasteiger partial charge in [-0.05, 0) is 51.0 Å². The number of hydrogen-bond acceptors (Lipinski definition) is 5. The van der Waals surface area contributed by atoms with E-state index in [9.17, 15) is 13.2 Å². The number of carbonyl (C=O) groups excluding carboxylic acids is 1. The molecule has 8 heteroatoms. The molecule has 0 aliphatic carbocycles. The predicted molar refractivity (Wildman–Crippen MR) is 100 cm³/mol. The molecule has 0 N–H and O–H groups in total. The first kappa shape index (κ1) is 19.1. The van der Waals surface area contributed by atoms with Crippen LogP contribution in [0.4, 0.5) is 0 Å². The molecule has 142 valence electrons. The molecule has 3 heterocycles. The van der Waals surface area contributed by atoms with E-state index in [-0.39, 0.29) is 24.4 Å². The van der Waals surface area contributed by atoms with E-state index in [0.29, 0.717) is 23.6 Å². The second-order valence-electron chi connectivity index (χ2n) is 6.71. The second-order valence-corrected chi connectivity index (χ2v) is 10.2. The van der Waals surface area contributed by atoms with Gasteiger partial charge in [0.2, 0.25) is 5.91 Å². The number of thiophene rings is 1. The molecule has 2 atom stereocenters. The minimum absolute atomic E-state index is 0.0452. The fourth-order valence-electron chi connectivity index (χ4n) is 3.24. The van der Waals surface area contributed by atoms with E-state index in [4.69, 9.17) is 4.42 Å². The molecule has 3 rings (SSSR count). The Balaban J connectivity index is 1.72. The summed E-state index contributed by atoms with van der Waals surface area (Å²) >= 11 is 1.27. The SMILES string of the molecule is Cc1ccc(S(=O)(=O)N2CCCC(C(=O)N(C)C(C)c3ccco3)C2)s1. The Bertz CT molecular complexity index is 858. The van der Waals surface area contributed by atoms with Crippen molar-refractivity contribution >= 4 is 27.3 Å². The molecular weight excluding hydrogens is 372 g/mol. The molecule has 1 amide bonds. The van der Waals surface area contributed by atoms with E-state index in [2.05, 4.69) is 0 Å². The Morgan fingerprint density at radius 1 is 1.38 bits per heavy atom. The van der Waals surface area contributed by atoms with Crippen molar-refractivity contribution in [1.29, 1.82) is 0 Å². The fourth-order valence-corrected chi connectivity index (χ4v) is 6.20. The largest absolute Gasteiger partial charge is 0.467 e. The highest BCUT2D eigenvalue weighted by atomic mass is 32.2. The zero-order chi connectivity index (χ0) is 18.9. The smallest absolute Gasteiger partial charge is 0.252 e. The molecule has 1 saturated heterocycles. The number of nitrogens with zero attached hydrogens (tertiary/aromatic N) is 2. The van der Waals surface area contributed by atoms with Gasteiger partial charge in [-0.25, -0.2) is 8.42 Å². The maximum absolute atomic E-state index is 12.9. The molecule has 0 aromatic carbocycles. The monoisotopic (exact) mass is 396 g/mol. The number of amides is 1. The first-order valence-corrected chi connectivity index (χ1v) is 10.9. The Morgan fingerprint density at radius 3 is 2.77 bits per heavy atom. The number of rotatable bonds is 5. The van der Waals surface area contributed by atoms with Crippen LogP contribution in [0.3, 0.4) is 0 Å². The standard InChI is InChI=1S/C18H24N2O4S2/c1-13-8-9-17(25-13)26(22,23)20-10-4-6-15(12-20)18(21)19(3)14(2)16-7-5-11-24-16/h5,7-9,11,14-15H,4,6,10,12H2,1-3H3. The number of sulfonamides is 1. The summed E-state index contributed by atoms with van der Waals surface area (Å²) < 4.78 is 32.9. The van der Waals surface area contributed by atoms with Crippen molar-refractivity contribution in [2.75, 3.05) is 20.1 Å². The Labute approximate surface area is 158 Å². The average Bonchev–Trinajstić information content (AvgIpc) is 3.32. The van der Waals surface area contributed by atoms with Crippen LogP contribution >= 0.6 is 11.3 Å². The van der Waals surface area contributed by atoms with E-state index in [1.165, 1.54) is 15.6 Å². The van der Waals surface area contributed by atoms with Crippen LogP contribution in [0.2, 0.25) is 0 Å². The molecule has 0 spiro atoms. The first-order chi connectivity index (χ1) is 12.3. The van der Waals surface area contributed by atoms with Crippen molar-refractivity contribution in [2.24, 2.45) is 5.92 Å². The first-order valence-electron chi connectivity index (χ1n) is 8.67. The van der Waals surface area contributed by atoms with Gasteiger partial charge in [-0.3, -0.25) is 4.79 Å². The summed E-state index contributed by atoms with van der Waals surface area (Å²) in [5.41, 5.74) is 0. The molecule has 2 aromatic rings.